The summed E-state index contributed by atoms with van der Waals surface area (Å²) in [7, 11) is 5.61. The molecule has 0 saturated heterocycles. The zero-order valence-electron chi connectivity index (χ0n) is 19.1. The maximum atomic E-state index is 13.3. The summed E-state index contributed by atoms with van der Waals surface area (Å²) in [6.45, 7) is 1.58. The molecule has 1 aliphatic heterocycles. The Labute approximate surface area is 200 Å². The molecule has 1 heterocycles. The molecule has 1 aliphatic rings. The van der Waals surface area contributed by atoms with Crippen LogP contribution >= 0.6 is 12.2 Å². The lowest BCUT2D eigenvalue weighted by molar-refractivity contribution is -0.138. The highest BCUT2D eigenvalue weighted by molar-refractivity contribution is 7.80. The Morgan fingerprint density at radius 1 is 1.00 bits per heavy atom. The van der Waals surface area contributed by atoms with Crippen LogP contribution in [0.15, 0.2) is 47.7 Å². The number of benzene rings is 2. The summed E-state index contributed by atoms with van der Waals surface area (Å²) in [5.41, 5.74) is 0.231. The number of thiocarbonyl (C=S) groups is 1. The lowest BCUT2D eigenvalue weighted by Crippen LogP contribution is -2.48. The van der Waals surface area contributed by atoms with Gasteiger partial charge in [0.05, 0.1) is 45.6 Å². The number of ether oxygens (including phenoxy) is 4. The topological polar surface area (TPSA) is 69.3 Å². The van der Waals surface area contributed by atoms with Crippen LogP contribution in [0, 0.1) is 0 Å². The monoisotopic (exact) mass is 496 g/mol. The van der Waals surface area contributed by atoms with Gasteiger partial charge in [-0.05, 0) is 43.4 Å². The highest BCUT2D eigenvalue weighted by Gasteiger charge is 2.38. The van der Waals surface area contributed by atoms with Crippen molar-refractivity contribution in [3.63, 3.8) is 0 Å². The molecule has 0 radical (unpaired) electrons. The van der Waals surface area contributed by atoms with Crippen LogP contribution in [0.2, 0.25) is 0 Å². The van der Waals surface area contributed by atoms with Gasteiger partial charge < -0.3 is 24.3 Å². The SMILES string of the molecule is COC(=O)C1=C(C)N(c2cccc(C(F)(F)F)c2)C(=S)NC1c1cc(OC)c(OC)cc1OC. The van der Waals surface area contributed by atoms with Crippen molar-refractivity contribution in [1.29, 1.82) is 0 Å². The van der Waals surface area contributed by atoms with E-state index >= 15 is 0 Å². The van der Waals surface area contributed by atoms with Crippen LogP contribution in [0.25, 0.3) is 0 Å². The molecular weight excluding hydrogens is 473 g/mol. The molecule has 0 aromatic heterocycles. The van der Waals surface area contributed by atoms with E-state index in [1.165, 1.54) is 45.5 Å². The first kappa shape index (κ1) is 25.2. The Morgan fingerprint density at radius 3 is 2.18 bits per heavy atom. The maximum absolute atomic E-state index is 13.3. The Balaban J connectivity index is 2.22. The van der Waals surface area contributed by atoms with E-state index in [0.717, 1.165) is 12.1 Å². The van der Waals surface area contributed by atoms with Gasteiger partial charge >= 0.3 is 12.1 Å². The van der Waals surface area contributed by atoms with Gasteiger partial charge in [0, 0.05) is 23.0 Å². The van der Waals surface area contributed by atoms with Gasteiger partial charge in [-0.3, -0.25) is 4.90 Å². The zero-order valence-corrected chi connectivity index (χ0v) is 19.9. The van der Waals surface area contributed by atoms with Gasteiger partial charge in [0.25, 0.3) is 0 Å². The fourth-order valence-electron chi connectivity index (χ4n) is 3.76. The number of esters is 1. The standard InChI is InChI=1S/C23H23F3N2O5S/c1-12-19(21(29)33-5)20(15-10-17(31-3)18(32-4)11-16(15)30-2)27-22(34)28(12)14-8-6-7-13(9-14)23(24,25)26/h6-11,20H,1-5H3,(H,27,34). The third-order valence-corrected chi connectivity index (χ3v) is 5.67. The van der Waals surface area contributed by atoms with Crippen molar-refractivity contribution < 1.29 is 36.9 Å². The quantitative estimate of drug-likeness (QED) is 0.459. The molecule has 2 aromatic carbocycles. The van der Waals surface area contributed by atoms with Crippen LogP contribution in [0.3, 0.4) is 0 Å². The molecule has 1 unspecified atom stereocenters. The fourth-order valence-corrected chi connectivity index (χ4v) is 4.12. The van der Waals surface area contributed by atoms with E-state index in [1.54, 1.807) is 19.1 Å². The van der Waals surface area contributed by atoms with Gasteiger partial charge in [-0.15, -0.1) is 0 Å². The number of hydrogen-bond donors (Lipinski definition) is 1. The molecule has 1 atom stereocenters. The Morgan fingerprint density at radius 2 is 1.62 bits per heavy atom. The number of carbonyl (C=O) groups excluding carboxylic acids is 1. The highest BCUT2D eigenvalue weighted by atomic mass is 32.1. The molecule has 2 aromatic rings. The van der Waals surface area contributed by atoms with E-state index in [0.29, 0.717) is 28.5 Å². The second kappa shape index (κ2) is 9.80. The molecule has 11 heteroatoms. The summed E-state index contributed by atoms with van der Waals surface area (Å²) in [4.78, 5) is 14.2. The first-order valence-corrected chi connectivity index (χ1v) is 10.3. The van der Waals surface area contributed by atoms with E-state index in [9.17, 15) is 18.0 Å². The first-order chi connectivity index (χ1) is 16.1. The summed E-state index contributed by atoms with van der Waals surface area (Å²) in [6, 6.07) is 7.06. The van der Waals surface area contributed by atoms with E-state index in [-0.39, 0.29) is 16.4 Å². The second-order valence-corrected chi connectivity index (χ2v) is 7.59. The molecule has 0 saturated carbocycles. The van der Waals surface area contributed by atoms with Crippen LogP contribution in [-0.4, -0.2) is 39.5 Å². The van der Waals surface area contributed by atoms with Gasteiger partial charge in [-0.25, -0.2) is 4.79 Å². The average molecular weight is 497 g/mol. The van der Waals surface area contributed by atoms with E-state index in [4.69, 9.17) is 31.2 Å². The van der Waals surface area contributed by atoms with Crippen molar-refractivity contribution in [2.24, 2.45) is 0 Å². The van der Waals surface area contributed by atoms with Gasteiger partial charge in [-0.1, -0.05) is 6.07 Å². The van der Waals surface area contributed by atoms with Gasteiger partial charge in [0.2, 0.25) is 0 Å². The normalized spacial score (nSPS) is 16.2. The van der Waals surface area contributed by atoms with Crippen LogP contribution in [0.1, 0.15) is 24.1 Å². The molecule has 182 valence electrons. The summed E-state index contributed by atoms with van der Waals surface area (Å²) in [6.07, 6.45) is -4.54. The minimum Gasteiger partial charge on any atom is -0.496 e. The van der Waals surface area contributed by atoms with Gasteiger partial charge in [-0.2, -0.15) is 13.2 Å². The molecule has 0 bridgehead atoms. The molecule has 0 spiro atoms. The largest absolute Gasteiger partial charge is 0.496 e. The van der Waals surface area contributed by atoms with Crippen molar-refractivity contribution in [3.05, 3.63) is 58.8 Å². The third-order valence-electron chi connectivity index (χ3n) is 5.37. The molecule has 0 amide bonds. The minimum atomic E-state index is -4.54. The van der Waals surface area contributed by atoms with Gasteiger partial charge in [0.1, 0.15) is 5.75 Å². The van der Waals surface area contributed by atoms with Crippen molar-refractivity contribution in [1.82, 2.24) is 5.32 Å². The number of alkyl halides is 3. The van der Waals surface area contributed by atoms with Crippen molar-refractivity contribution in [2.45, 2.75) is 19.1 Å². The number of rotatable bonds is 6. The lowest BCUT2D eigenvalue weighted by atomic mass is 9.93. The molecule has 1 N–H and O–H groups in total. The summed E-state index contributed by atoms with van der Waals surface area (Å²) >= 11 is 5.52. The average Bonchev–Trinajstić information content (AvgIpc) is 2.81. The fraction of sp³-hybridized carbons (Fsp3) is 0.304. The molecule has 34 heavy (non-hydrogen) atoms. The summed E-state index contributed by atoms with van der Waals surface area (Å²) in [5, 5.41) is 3.13. The number of nitrogens with one attached hydrogen (secondary N) is 1. The number of methoxy groups -OCH3 is 4. The Kier molecular flexibility index (Phi) is 7.25. The molecule has 0 fully saturated rings. The Hall–Kier alpha value is -3.47. The number of hydrogen-bond acceptors (Lipinski definition) is 6. The highest BCUT2D eigenvalue weighted by Crippen LogP contribution is 2.43. The molecule has 7 nitrogen and oxygen atoms in total. The van der Waals surface area contributed by atoms with Crippen LogP contribution in [0.4, 0.5) is 18.9 Å². The van der Waals surface area contributed by atoms with Crippen LogP contribution in [-0.2, 0) is 15.7 Å². The third kappa shape index (κ3) is 4.60. The molecular formula is C23H23F3N2O5S. The van der Waals surface area contributed by atoms with E-state index in [1.807, 2.05) is 0 Å². The van der Waals surface area contributed by atoms with Crippen LogP contribution in [0.5, 0.6) is 17.2 Å². The number of carbonyl (C=O) groups is 1. The van der Waals surface area contributed by atoms with E-state index < -0.39 is 23.8 Å². The summed E-state index contributed by atoms with van der Waals surface area (Å²) < 4.78 is 61.1. The van der Waals surface area contributed by atoms with Crippen molar-refractivity contribution in [3.8, 4) is 17.2 Å². The minimum absolute atomic E-state index is 0.0892. The predicted octanol–water partition coefficient (Wildman–Crippen LogP) is 4.61. The summed E-state index contributed by atoms with van der Waals surface area (Å²) in [5.74, 6) is 0.478. The van der Waals surface area contributed by atoms with Crippen molar-refractivity contribution in [2.75, 3.05) is 33.3 Å². The Bertz CT molecular complexity index is 1150. The van der Waals surface area contributed by atoms with Crippen LogP contribution < -0.4 is 24.4 Å². The number of anilines is 1. The first-order valence-electron chi connectivity index (χ1n) is 9.94. The smallest absolute Gasteiger partial charge is 0.416 e. The number of allylic oxidation sites excluding steroid dienone is 1. The maximum Gasteiger partial charge on any atom is 0.416 e. The predicted molar refractivity (Wildman–Crippen MR) is 123 cm³/mol. The lowest BCUT2D eigenvalue weighted by Gasteiger charge is -2.38. The number of halogens is 3. The molecule has 3 rings (SSSR count). The van der Waals surface area contributed by atoms with Crippen molar-refractivity contribution >= 4 is 29.0 Å². The zero-order chi connectivity index (χ0) is 25.2. The van der Waals surface area contributed by atoms with E-state index in [2.05, 4.69) is 5.32 Å². The number of nitrogens with zero attached hydrogens (tertiary/aromatic N) is 1. The molecule has 0 aliphatic carbocycles. The second-order valence-electron chi connectivity index (χ2n) is 7.21. The van der Waals surface area contributed by atoms with Gasteiger partial charge in [0.15, 0.2) is 16.6 Å².